The van der Waals surface area contributed by atoms with Crippen LogP contribution in [0.5, 0.6) is 0 Å². The van der Waals surface area contributed by atoms with Crippen molar-refractivity contribution in [3.8, 4) is 0 Å². The zero-order valence-corrected chi connectivity index (χ0v) is 10.3. The Bertz CT molecular complexity index is 144. The Morgan fingerprint density at radius 3 is 2.29 bits per heavy atom. The lowest BCUT2D eigenvalue weighted by molar-refractivity contribution is 0.000801. The molecular formula is C11H26N2O. The number of nitrogens with one attached hydrogen (secondary N) is 1. The van der Waals surface area contributed by atoms with Gasteiger partial charge in [0.05, 0.1) is 5.60 Å². The Hall–Kier alpha value is -0.120. The maximum absolute atomic E-state index is 5.68. The highest BCUT2D eigenvalue weighted by Crippen LogP contribution is 2.13. The second kappa shape index (κ2) is 6.38. The lowest BCUT2D eigenvalue weighted by Gasteiger charge is -2.30. The van der Waals surface area contributed by atoms with Crippen LogP contribution >= 0.6 is 0 Å². The minimum Gasteiger partial charge on any atom is -0.377 e. The van der Waals surface area contributed by atoms with Crippen molar-refractivity contribution in [2.75, 3.05) is 20.2 Å². The average Bonchev–Trinajstić information content (AvgIpc) is 2.18. The van der Waals surface area contributed by atoms with Gasteiger partial charge in [-0.3, -0.25) is 0 Å². The van der Waals surface area contributed by atoms with Gasteiger partial charge in [-0.15, -0.1) is 0 Å². The Labute approximate surface area is 88.4 Å². The van der Waals surface area contributed by atoms with Gasteiger partial charge in [0.2, 0.25) is 0 Å². The zero-order chi connectivity index (χ0) is 11.2. The fourth-order valence-electron chi connectivity index (χ4n) is 1.28. The molecule has 2 unspecified atom stereocenters. The van der Waals surface area contributed by atoms with Gasteiger partial charge in [0, 0.05) is 26.2 Å². The van der Waals surface area contributed by atoms with E-state index < -0.39 is 0 Å². The predicted molar refractivity (Wildman–Crippen MR) is 61.4 cm³/mol. The molecule has 0 aliphatic heterocycles. The van der Waals surface area contributed by atoms with E-state index in [-0.39, 0.29) is 5.60 Å². The summed E-state index contributed by atoms with van der Waals surface area (Å²) in [6.07, 6.45) is 1.01. The van der Waals surface area contributed by atoms with E-state index in [0.717, 1.165) is 13.0 Å². The van der Waals surface area contributed by atoms with E-state index in [0.29, 0.717) is 18.5 Å². The van der Waals surface area contributed by atoms with Crippen molar-refractivity contribution in [3.05, 3.63) is 0 Å². The molecule has 0 saturated carbocycles. The van der Waals surface area contributed by atoms with Crippen LogP contribution in [0.15, 0.2) is 0 Å². The van der Waals surface area contributed by atoms with Crippen molar-refractivity contribution in [3.63, 3.8) is 0 Å². The molecule has 0 saturated heterocycles. The van der Waals surface area contributed by atoms with Crippen molar-refractivity contribution in [1.82, 2.24) is 5.32 Å². The van der Waals surface area contributed by atoms with E-state index in [1.165, 1.54) is 0 Å². The Balaban J connectivity index is 4.00. The molecule has 3 N–H and O–H groups in total. The molecule has 0 aromatic heterocycles. The summed E-state index contributed by atoms with van der Waals surface area (Å²) in [5.74, 6) is 0.568. The maximum atomic E-state index is 5.68. The molecule has 2 atom stereocenters. The van der Waals surface area contributed by atoms with Gasteiger partial charge in [0.15, 0.2) is 0 Å². The largest absolute Gasteiger partial charge is 0.377 e. The monoisotopic (exact) mass is 202 g/mol. The van der Waals surface area contributed by atoms with E-state index in [4.69, 9.17) is 10.5 Å². The van der Waals surface area contributed by atoms with Crippen LogP contribution in [-0.2, 0) is 4.74 Å². The highest BCUT2D eigenvalue weighted by Gasteiger charge is 2.22. The predicted octanol–water partition coefficient (Wildman–Crippen LogP) is 1.37. The van der Waals surface area contributed by atoms with E-state index >= 15 is 0 Å². The minimum atomic E-state index is -0.0672. The highest BCUT2D eigenvalue weighted by molar-refractivity contribution is 4.80. The van der Waals surface area contributed by atoms with Gasteiger partial charge in [-0.05, 0) is 19.3 Å². The SMILES string of the molecule is CCC(C)(CNC(CN)C(C)C)OC. The molecule has 0 aromatic rings. The van der Waals surface area contributed by atoms with Gasteiger partial charge in [-0.2, -0.15) is 0 Å². The molecule has 0 aliphatic rings. The number of hydrogen-bond donors (Lipinski definition) is 2. The van der Waals surface area contributed by atoms with Gasteiger partial charge >= 0.3 is 0 Å². The van der Waals surface area contributed by atoms with Crippen molar-refractivity contribution < 1.29 is 4.74 Å². The number of methoxy groups -OCH3 is 1. The van der Waals surface area contributed by atoms with Crippen LogP contribution in [-0.4, -0.2) is 31.8 Å². The normalized spacial score (nSPS) is 18.2. The topological polar surface area (TPSA) is 47.3 Å². The summed E-state index contributed by atoms with van der Waals surface area (Å²) in [5.41, 5.74) is 5.62. The summed E-state index contributed by atoms with van der Waals surface area (Å²) in [7, 11) is 1.76. The number of nitrogens with two attached hydrogens (primary N) is 1. The van der Waals surface area contributed by atoms with Gasteiger partial charge in [-0.1, -0.05) is 20.8 Å². The summed E-state index contributed by atoms with van der Waals surface area (Å²) in [4.78, 5) is 0. The first kappa shape index (κ1) is 13.9. The van der Waals surface area contributed by atoms with Gasteiger partial charge in [0.1, 0.15) is 0 Å². The van der Waals surface area contributed by atoms with Gasteiger partial charge < -0.3 is 15.8 Å². The second-order valence-corrected chi connectivity index (χ2v) is 4.47. The van der Waals surface area contributed by atoms with Crippen LogP contribution in [0.2, 0.25) is 0 Å². The molecule has 3 nitrogen and oxygen atoms in total. The molecule has 0 aliphatic carbocycles. The third-order valence-corrected chi connectivity index (χ3v) is 3.04. The minimum absolute atomic E-state index is 0.0672. The van der Waals surface area contributed by atoms with Crippen molar-refractivity contribution in [2.45, 2.75) is 45.8 Å². The molecule has 0 rings (SSSR count). The second-order valence-electron chi connectivity index (χ2n) is 4.47. The smallest absolute Gasteiger partial charge is 0.0772 e. The lowest BCUT2D eigenvalue weighted by Crippen LogP contribution is -2.48. The van der Waals surface area contributed by atoms with E-state index in [1.54, 1.807) is 7.11 Å². The van der Waals surface area contributed by atoms with Crippen LogP contribution in [0.1, 0.15) is 34.1 Å². The lowest BCUT2D eigenvalue weighted by atomic mass is 10.00. The van der Waals surface area contributed by atoms with Crippen LogP contribution < -0.4 is 11.1 Å². The summed E-state index contributed by atoms with van der Waals surface area (Å²) in [6.45, 7) is 10.2. The van der Waals surface area contributed by atoms with Crippen LogP contribution in [0.25, 0.3) is 0 Å². The fourth-order valence-corrected chi connectivity index (χ4v) is 1.28. The molecule has 0 radical (unpaired) electrons. The third-order valence-electron chi connectivity index (χ3n) is 3.04. The summed E-state index contributed by atoms with van der Waals surface area (Å²) < 4.78 is 5.46. The molecule has 0 fully saturated rings. The first-order valence-electron chi connectivity index (χ1n) is 5.47. The Kier molecular flexibility index (Phi) is 6.33. The van der Waals surface area contributed by atoms with Gasteiger partial charge in [-0.25, -0.2) is 0 Å². The first-order chi connectivity index (χ1) is 6.49. The molecule has 0 bridgehead atoms. The number of hydrogen-bond acceptors (Lipinski definition) is 3. The zero-order valence-electron chi connectivity index (χ0n) is 10.3. The summed E-state index contributed by atoms with van der Waals surface area (Å²) in [5, 5.41) is 3.46. The number of rotatable bonds is 7. The van der Waals surface area contributed by atoms with Crippen molar-refractivity contribution in [1.29, 1.82) is 0 Å². The molecule has 3 heteroatoms. The van der Waals surface area contributed by atoms with E-state index in [2.05, 4.69) is 33.0 Å². The van der Waals surface area contributed by atoms with Crippen LogP contribution in [0.3, 0.4) is 0 Å². The summed E-state index contributed by atoms with van der Waals surface area (Å²) in [6, 6.07) is 0.385. The molecule has 0 amide bonds. The highest BCUT2D eigenvalue weighted by atomic mass is 16.5. The van der Waals surface area contributed by atoms with E-state index in [9.17, 15) is 0 Å². The quantitative estimate of drug-likeness (QED) is 0.655. The van der Waals surface area contributed by atoms with Gasteiger partial charge in [0.25, 0.3) is 0 Å². The molecule has 0 spiro atoms. The Morgan fingerprint density at radius 2 is 2.00 bits per heavy atom. The standard InChI is InChI=1S/C11H26N2O/c1-6-11(4,14-5)8-13-10(7-12)9(2)3/h9-10,13H,6-8,12H2,1-5H3. The van der Waals surface area contributed by atoms with Crippen molar-refractivity contribution >= 4 is 0 Å². The van der Waals surface area contributed by atoms with Crippen LogP contribution in [0.4, 0.5) is 0 Å². The third kappa shape index (κ3) is 4.40. The molecular weight excluding hydrogens is 176 g/mol. The number of ether oxygens (including phenoxy) is 1. The molecule has 0 heterocycles. The molecule has 86 valence electrons. The average molecular weight is 202 g/mol. The Morgan fingerprint density at radius 1 is 1.43 bits per heavy atom. The maximum Gasteiger partial charge on any atom is 0.0772 e. The fraction of sp³-hybridized carbons (Fsp3) is 1.00. The van der Waals surface area contributed by atoms with Crippen molar-refractivity contribution in [2.24, 2.45) is 11.7 Å². The van der Waals surface area contributed by atoms with E-state index in [1.807, 2.05) is 0 Å². The first-order valence-corrected chi connectivity index (χ1v) is 5.47. The summed E-state index contributed by atoms with van der Waals surface area (Å²) >= 11 is 0. The molecule has 14 heavy (non-hydrogen) atoms. The molecule has 0 aromatic carbocycles. The van der Waals surface area contributed by atoms with Crippen LogP contribution in [0, 0.1) is 5.92 Å².